The van der Waals surface area contributed by atoms with Gasteiger partial charge in [-0.05, 0) is 143 Å². The smallest absolute Gasteiger partial charge is 0.156 e. The van der Waals surface area contributed by atoms with Gasteiger partial charge in [0.15, 0.2) is 11.5 Å². The van der Waals surface area contributed by atoms with E-state index in [-0.39, 0.29) is 0 Å². The monoisotopic (exact) mass is 1010 g/mol. The van der Waals surface area contributed by atoms with Crippen molar-refractivity contribution < 1.29 is 14.2 Å². The summed E-state index contributed by atoms with van der Waals surface area (Å²) in [5, 5.41) is 0. The Kier molecular flexibility index (Phi) is 10.4. The molecule has 0 heterocycles. The minimum atomic E-state index is 0.630. The van der Waals surface area contributed by atoms with Crippen LogP contribution in [0.1, 0.15) is 0 Å². The average molecular weight is 1010 g/mol. The van der Waals surface area contributed by atoms with Crippen LogP contribution in [-0.2, 0) is 0 Å². The molecule has 192 valence electrons. The highest BCUT2D eigenvalue weighted by molar-refractivity contribution is 9.12. The number of methoxy groups -OCH3 is 2. The van der Waals surface area contributed by atoms with Gasteiger partial charge in [0.2, 0.25) is 0 Å². The number of rotatable bonds is 6. The lowest BCUT2D eigenvalue weighted by Gasteiger charge is -2.19. The van der Waals surface area contributed by atoms with Crippen LogP contribution < -0.4 is 14.2 Å². The summed E-state index contributed by atoms with van der Waals surface area (Å²) < 4.78 is 24.1. The van der Waals surface area contributed by atoms with E-state index >= 15 is 0 Å². The van der Waals surface area contributed by atoms with Gasteiger partial charge in [0.05, 0.1) is 41.1 Å². The van der Waals surface area contributed by atoms with Crippen LogP contribution in [0, 0.1) is 0 Å². The number of benzene rings is 4. The van der Waals surface area contributed by atoms with Crippen molar-refractivity contribution in [3.8, 4) is 45.3 Å². The van der Waals surface area contributed by atoms with Crippen molar-refractivity contribution in [3.05, 3.63) is 84.3 Å². The third-order valence-corrected chi connectivity index (χ3v) is 10.7. The molecule has 0 atom stereocenters. The number of hydrogen-bond donors (Lipinski definition) is 0. The Labute approximate surface area is 282 Å². The van der Waals surface area contributed by atoms with Crippen LogP contribution in [-0.4, -0.2) is 14.2 Å². The van der Waals surface area contributed by atoms with Crippen LogP contribution >= 0.6 is 127 Å². The molecular formula is C26H14Br8O3. The Morgan fingerprint density at radius 2 is 0.811 bits per heavy atom. The molecule has 0 aliphatic rings. The van der Waals surface area contributed by atoms with Gasteiger partial charge in [-0.3, -0.25) is 0 Å². The molecule has 0 saturated carbocycles. The second-order valence-corrected chi connectivity index (χ2v) is 14.2. The molecule has 4 aromatic rings. The van der Waals surface area contributed by atoms with E-state index in [0.29, 0.717) is 11.5 Å². The molecule has 4 aromatic carbocycles. The van der Waals surface area contributed by atoms with E-state index in [4.69, 9.17) is 14.2 Å². The summed E-state index contributed by atoms with van der Waals surface area (Å²) >= 11 is 29.4. The first-order chi connectivity index (χ1) is 17.6. The summed E-state index contributed by atoms with van der Waals surface area (Å²) in [7, 11) is 3.28. The van der Waals surface area contributed by atoms with Gasteiger partial charge in [-0.25, -0.2) is 0 Å². The van der Waals surface area contributed by atoms with Gasteiger partial charge in [-0.1, -0.05) is 44.0 Å². The van der Waals surface area contributed by atoms with Crippen molar-refractivity contribution in [2.45, 2.75) is 0 Å². The highest BCUT2D eigenvalue weighted by Gasteiger charge is 2.21. The van der Waals surface area contributed by atoms with Crippen LogP contribution in [0.2, 0.25) is 0 Å². The highest BCUT2D eigenvalue weighted by atomic mass is 79.9. The molecule has 0 aromatic heterocycles. The van der Waals surface area contributed by atoms with Gasteiger partial charge in [0.25, 0.3) is 0 Å². The fourth-order valence-electron chi connectivity index (χ4n) is 3.55. The third kappa shape index (κ3) is 6.24. The van der Waals surface area contributed by atoms with Crippen LogP contribution in [0.5, 0.6) is 23.0 Å². The molecule has 0 saturated heterocycles. The molecule has 0 aliphatic carbocycles. The molecule has 0 radical (unpaired) electrons. The van der Waals surface area contributed by atoms with E-state index in [1.165, 1.54) is 0 Å². The highest BCUT2D eigenvalue weighted by Crippen LogP contribution is 2.50. The largest absolute Gasteiger partial charge is 0.496 e. The molecular weight excluding hydrogens is 1000 g/mol. The molecule has 0 amide bonds. The summed E-state index contributed by atoms with van der Waals surface area (Å²) in [6.45, 7) is 0. The molecule has 0 spiro atoms. The Morgan fingerprint density at radius 1 is 0.432 bits per heavy atom. The quantitative estimate of drug-likeness (QED) is 0.193. The predicted octanol–water partition coefficient (Wildman–Crippen LogP) is 12.9. The molecule has 3 nitrogen and oxygen atoms in total. The molecule has 0 N–H and O–H groups in total. The lowest BCUT2D eigenvalue weighted by atomic mass is 10.0. The maximum atomic E-state index is 6.56. The fourth-order valence-corrected chi connectivity index (χ4v) is 8.27. The maximum Gasteiger partial charge on any atom is 0.156 e. The molecule has 37 heavy (non-hydrogen) atoms. The number of hydrogen-bond acceptors (Lipinski definition) is 3. The Bertz CT molecular complexity index is 1410. The van der Waals surface area contributed by atoms with Gasteiger partial charge < -0.3 is 14.2 Å². The number of ether oxygens (including phenoxy) is 3. The lowest BCUT2D eigenvalue weighted by Crippen LogP contribution is -1.95. The molecule has 0 aliphatic heterocycles. The topological polar surface area (TPSA) is 27.7 Å². The summed E-state index contributed by atoms with van der Waals surface area (Å²) in [4.78, 5) is 0. The normalized spacial score (nSPS) is 11.0. The molecule has 0 unspecified atom stereocenters. The molecule has 0 fully saturated rings. The van der Waals surface area contributed by atoms with Crippen LogP contribution in [0.25, 0.3) is 22.3 Å². The van der Waals surface area contributed by atoms with E-state index in [9.17, 15) is 0 Å². The molecule has 11 heteroatoms. The average Bonchev–Trinajstić information content (AvgIpc) is 2.86. The van der Waals surface area contributed by atoms with Crippen molar-refractivity contribution in [3.63, 3.8) is 0 Å². The van der Waals surface area contributed by atoms with E-state index in [1.54, 1.807) is 14.2 Å². The third-order valence-electron chi connectivity index (χ3n) is 5.37. The van der Waals surface area contributed by atoms with Crippen LogP contribution in [0.15, 0.2) is 84.3 Å². The summed E-state index contributed by atoms with van der Waals surface area (Å²) in [5.41, 5.74) is 3.82. The molecule has 4 rings (SSSR count). The Hall–Kier alpha value is 0.120. The molecule has 0 bridgehead atoms. The number of halogens is 8. The summed E-state index contributed by atoms with van der Waals surface area (Å²) in [5.74, 6) is 2.73. The van der Waals surface area contributed by atoms with Gasteiger partial charge in [-0.15, -0.1) is 0 Å². The first kappa shape index (κ1) is 30.1. The van der Waals surface area contributed by atoms with Crippen molar-refractivity contribution in [2.24, 2.45) is 0 Å². The van der Waals surface area contributed by atoms with E-state index < -0.39 is 0 Å². The van der Waals surface area contributed by atoms with Crippen molar-refractivity contribution in [1.82, 2.24) is 0 Å². The van der Waals surface area contributed by atoms with Crippen LogP contribution in [0.3, 0.4) is 0 Å². The zero-order valence-electron chi connectivity index (χ0n) is 18.9. The van der Waals surface area contributed by atoms with E-state index in [1.807, 2.05) is 48.5 Å². The standard InChI is InChI=1S/C26H14Br8O3/c1-35-21-9-17(29)13(7-19(21)31)11-3-5-15(27)25(23(11)33)37-26-16(28)6-4-12(24(26)34)14-8-20(32)22(36-2)10-18(14)30/h3-10H,1-2H3. The van der Waals surface area contributed by atoms with E-state index in [0.717, 1.165) is 69.5 Å². The van der Waals surface area contributed by atoms with Crippen molar-refractivity contribution >= 4 is 127 Å². The minimum Gasteiger partial charge on any atom is -0.496 e. The Morgan fingerprint density at radius 3 is 1.16 bits per heavy atom. The first-order valence-corrected chi connectivity index (χ1v) is 16.6. The fraction of sp³-hybridized carbons (Fsp3) is 0.0769. The lowest BCUT2D eigenvalue weighted by molar-refractivity contribution is 0.412. The Balaban J connectivity index is 1.83. The van der Waals surface area contributed by atoms with Gasteiger partial charge in [0, 0.05) is 20.1 Å². The maximum absolute atomic E-state index is 6.56. The second-order valence-electron chi connectivity index (χ2n) is 7.51. The zero-order valence-corrected chi connectivity index (χ0v) is 31.6. The van der Waals surface area contributed by atoms with Crippen molar-refractivity contribution in [2.75, 3.05) is 14.2 Å². The minimum absolute atomic E-state index is 0.630. The van der Waals surface area contributed by atoms with Gasteiger partial charge in [-0.2, -0.15) is 0 Å². The summed E-state index contributed by atoms with van der Waals surface area (Å²) in [6, 6.07) is 15.8. The second kappa shape index (κ2) is 12.7. The SMILES string of the molecule is COc1cc(Br)c(-c2ccc(Br)c(Oc3c(Br)ccc(-c4cc(Br)c(OC)cc4Br)c3Br)c2Br)cc1Br. The summed E-state index contributed by atoms with van der Waals surface area (Å²) in [6.07, 6.45) is 0. The zero-order chi connectivity index (χ0) is 27.0. The van der Waals surface area contributed by atoms with Gasteiger partial charge >= 0.3 is 0 Å². The van der Waals surface area contributed by atoms with Gasteiger partial charge in [0.1, 0.15) is 11.5 Å². The first-order valence-electron chi connectivity index (χ1n) is 10.3. The van der Waals surface area contributed by atoms with E-state index in [2.05, 4.69) is 127 Å². The van der Waals surface area contributed by atoms with Crippen molar-refractivity contribution in [1.29, 1.82) is 0 Å². The van der Waals surface area contributed by atoms with Crippen LogP contribution in [0.4, 0.5) is 0 Å². The predicted molar refractivity (Wildman–Crippen MR) is 179 cm³/mol.